The number of fused-ring (bicyclic) bond motifs is 2. The lowest BCUT2D eigenvalue weighted by molar-refractivity contribution is -0.117. The maximum Gasteiger partial charge on any atom is 0.261 e. The van der Waals surface area contributed by atoms with Gasteiger partial charge in [0.2, 0.25) is 0 Å². The summed E-state index contributed by atoms with van der Waals surface area (Å²) in [5.74, 6) is -0.355. The molecule has 0 spiro atoms. The van der Waals surface area contributed by atoms with Crippen LogP contribution in [-0.4, -0.2) is 22.0 Å². The Morgan fingerprint density at radius 1 is 1.00 bits per heavy atom. The third-order valence-electron chi connectivity index (χ3n) is 6.47. The quantitative estimate of drug-likeness (QED) is 0.241. The van der Waals surface area contributed by atoms with Gasteiger partial charge in [-0.1, -0.05) is 66.7 Å². The highest BCUT2D eigenvalue weighted by Gasteiger charge is 2.16. The first-order chi connectivity index (χ1) is 17.2. The second-order valence-electron chi connectivity index (χ2n) is 8.62. The van der Waals surface area contributed by atoms with Crippen LogP contribution in [0, 0.1) is 18.3 Å². The summed E-state index contributed by atoms with van der Waals surface area (Å²) in [5.41, 5.74) is 6.53. The van der Waals surface area contributed by atoms with E-state index in [4.69, 9.17) is 0 Å². The van der Waals surface area contributed by atoms with Crippen molar-refractivity contribution < 1.29 is 4.79 Å². The Balaban J connectivity index is 1.38. The Bertz CT molecular complexity index is 1580. The van der Waals surface area contributed by atoms with Crippen LogP contribution in [0.15, 0.2) is 90.6 Å². The van der Waals surface area contributed by atoms with Gasteiger partial charge in [-0.15, -0.1) is 0 Å². The molecule has 0 aliphatic rings. The first-order valence-electron chi connectivity index (χ1n) is 11.7. The van der Waals surface area contributed by atoms with Gasteiger partial charge in [0.25, 0.3) is 5.91 Å². The summed E-state index contributed by atoms with van der Waals surface area (Å²) < 4.78 is 2.24. The molecule has 0 atom stereocenters. The number of para-hydroxylation sites is 2. The number of H-pyrrole nitrogens is 1. The van der Waals surface area contributed by atoms with Crippen molar-refractivity contribution in [3.63, 3.8) is 0 Å². The van der Waals surface area contributed by atoms with Crippen molar-refractivity contribution in [2.24, 2.45) is 0 Å². The Hall–Kier alpha value is -4.56. The third kappa shape index (κ3) is 4.47. The van der Waals surface area contributed by atoms with Crippen molar-refractivity contribution in [3.8, 4) is 6.07 Å². The molecule has 172 valence electrons. The van der Waals surface area contributed by atoms with Crippen LogP contribution in [0.2, 0.25) is 0 Å². The number of aromatic amines is 1. The van der Waals surface area contributed by atoms with Crippen LogP contribution in [-0.2, 0) is 17.8 Å². The van der Waals surface area contributed by atoms with E-state index in [1.165, 1.54) is 5.56 Å². The summed E-state index contributed by atoms with van der Waals surface area (Å²) in [6.07, 6.45) is 4.38. The molecule has 2 N–H and O–H groups in total. The summed E-state index contributed by atoms with van der Waals surface area (Å²) in [7, 11) is 0. The molecule has 1 amide bonds. The largest absolute Gasteiger partial charge is 0.361 e. The average molecular weight is 459 g/mol. The van der Waals surface area contributed by atoms with Crippen molar-refractivity contribution in [3.05, 3.63) is 113 Å². The minimum absolute atomic E-state index is 0.106. The van der Waals surface area contributed by atoms with E-state index >= 15 is 0 Å². The molecule has 0 fully saturated rings. The van der Waals surface area contributed by atoms with Gasteiger partial charge in [-0.05, 0) is 42.7 Å². The molecule has 2 heterocycles. The van der Waals surface area contributed by atoms with Crippen molar-refractivity contribution in [1.29, 1.82) is 5.26 Å². The van der Waals surface area contributed by atoms with E-state index in [-0.39, 0.29) is 11.5 Å². The highest BCUT2D eigenvalue weighted by atomic mass is 16.1. The monoisotopic (exact) mass is 458 g/mol. The zero-order valence-electron chi connectivity index (χ0n) is 19.6. The van der Waals surface area contributed by atoms with E-state index < -0.39 is 0 Å². The maximum absolute atomic E-state index is 12.9. The first kappa shape index (κ1) is 22.2. The number of amides is 1. The number of carbonyl (C=O) groups excluding carboxylic acids is 1. The van der Waals surface area contributed by atoms with Crippen LogP contribution in [0.3, 0.4) is 0 Å². The van der Waals surface area contributed by atoms with Gasteiger partial charge < -0.3 is 14.9 Å². The Labute approximate surface area is 204 Å². The molecule has 5 aromatic rings. The van der Waals surface area contributed by atoms with Gasteiger partial charge in [0.05, 0.1) is 0 Å². The van der Waals surface area contributed by atoms with Crippen LogP contribution in [0.1, 0.15) is 22.4 Å². The number of nitrogens with zero attached hydrogens (tertiary/aromatic N) is 2. The van der Waals surface area contributed by atoms with Crippen LogP contribution in [0.25, 0.3) is 27.9 Å². The molecule has 3 aromatic carbocycles. The lowest BCUT2D eigenvalue weighted by Crippen LogP contribution is -2.26. The fraction of sp³-hybridized carbons (Fsp3) is 0.133. The molecular formula is C30H26N4O. The molecule has 5 rings (SSSR count). The summed E-state index contributed by atoms with van der Waals surface area (Å²) >= 11 is 0. The molecule has 2 aromatic heterocycles. The van der Waals surface area contributed by atoms with Gasteiger partial charge in [0, 0.05) is 52.3 Å². The van der Waals surface area contributed by atoms with Crippen molar-refractivity contribution in [1.82, 2.24) is 14.9 Å². The minimum atomic E-state index is -0.355. The number of hydrogen-bond acceptors (Lipinski definition) is 2. The molecule has 0 aliphatic heterocycles. The Kier molecular flexibility index (Phi) is 6.19. The molecular weight excluding hydrogens is 432 g/mol. The number of rotatable bonds is 7. The molecule has 5 heteroatoms. The van der Waals surface area contributed by atoms with Crippen molar-refractivity contribution in [2.45, 2.75) is 19.9 Å². The highest BCUT2D eigenvalue weighted by Crippen LogP contribution is 2.29. The predicted octanol–water partition coefficient (Wildman–Crippen LogP) is 5.75. The van der Waals surface area contributed by atoms with E-state index in [9.17, 15) is 10.1 Å². The Morgan fingerprint density at radius 2 is 1.71 bits per heavy atom. The maximum atomic E-state index is 12.9. The number of hydrogen-bond donors (Lipinski definition) is 2. The third-order valence-corrected chi connectivity index (χ3v) is 6.47. The minimum Gasteiger partial charge on any atom is -0.361 e. The second-order valence-corrected chi connectivity index (χ2v) is 8.62. The van der Waals surface area contributed by atoms with Gasteiger partial charge in [0.1, 0.15) is 11.6 Å². The molecule has 0 aliphatic carbocycles. The number of nitriles is 1. The SMILES string of the molecule is Cc1c(/C=C(/C#N)C(=O)NCCc2c[nH]c3ccccc23)c2ccccc2n1Cc1ccccc1. The molecule has 0 saturated heterocycles. The summed E-state index contributed by atoms with van der Waals surface area (Å²) in [6, 6.07) is 28.6. The second kappa shape index (κ2) is 9.74. The van der Waals surface area contributed by atoms with E-state index in [0.717, 1.165) is 45.2 Å². The van der Waals surface area contributed by atoms with Gasteiger partial charge in [-0.2, -0.15) is 5.26 Å². The molecule has 0 radical (unpaired) electrons. The first-order valence-corrected chi connectivity index (χ1v) is 11.7. The topological polar surface area (TPSA) is 73.6 Å². The van der Waals surface area contributed by atoms with Crippen LogP contribution in [0.4, 0.5) is 0 Å². The number of nitrogens with one attached hydrogen (secondary N) is 2. The van der Waals surface area contributed by atoms with E-state index in [1.807, 2.05) is 67.7 Å². The Morgan fingerprint density at radius 3 is 2.51 bits per heavy atom. The summed E-state index contributed by atoms with van der Waals surface area (Å²) in [5, 5.41) is 14.9. The highest BCUT2D eigenvalue weighted by molar-refractivity contribution is 6.04. The average Bonchev–Trinajstić information content (AvgIpc) is 3.42. The van der Waals surface area contributed by atoms with Crippen molar-refractivity contribution in [2.75, 3.05) is 6.54 Å². The lowest BCUT2D eigenvalue weighted by atomic mass is 10.1. The number of aromatic nitrogens is 2. The van der Waals surface area contributed by atoms with Gasteiger partial charge in [-0.3, -0.25) is 4.79 Å². The molecule has 0 saturated carbocycles. The predicted molar refractivity (Wildman–Crippen MR) is 141 cm³/mol. The smallest absolute Gasteiger partial charge is 0.261 e. The van der Waals surface area contributed by atoms with Crippen LogP contribution in [0.5, 0.6) is 0 Å². The summed E-state index contributed by atoms with van der Waals surface area (Å²) in [4.78, 5) is 16.2. The molecule has 5 nitrogen and oxygen atoms in total. The zero-order chi connectivity index (χ0) is 24.2. The van der Waals surface area contributed by atoms with E-state index in [2.05, 4.69) is 45.2 Å². The van der Waals surface area contributed by atoms with Gasteiger partial charge >= 0.3 is 0 Å². The molecule has 35 heavy (non-hydrogen) atoms. The fourth-order valence-electron chi connectivity index (χ4n) is 4.65. The van der Waals surface area contributed by atoms with E-state index in [0.29, 0.717) is 13.0 Å². The van der Waals surface area contributed by atoms with E-state index in [1.54, 1.807) is 6.08 Å². The van der Waals surface area contributed by atoms with Gasteiger partial charge in [0.15, 0.2) is 0 Å². The molecule has 0 unspecified atom stereocenters. The summed E-state index contributed by atoms with van der Waals surface area (Å²) in [6.45, 7) is 3.22. The van der Waals surface area contributed by atoms with Crippen LogP contribution < -0.4 is 5.32 Å². The fourth-order valence-corrected chi connectivity index (χ4v) is 4.65. The lowest BCUT2D eigenvalue weighted by Gasteiger charge is -2.09. The standard InChI is InChI=1S/C30H26N4O/c1-21-27(26-12-6-8-14-29(26)34(21)20-22-9-3-2-4-10-22)17-24(18-31)30(35)32-16-15-23-19-33-28-13-7-5-11-25(23)28/h2-14,17,19,33H,15-16,20H2,1H3,(H,32,35)/b24-17-. The van der Waals surface area contributed by atoms with Crippen molar-refractivity contribution >= 4 is 33.8 Å². The number of carbonyl (C=O) groups is 1. The number of benzene rings is 3. The zero-order valence-corrected chi connectivity index (χ0v) is 19.6. The molecule has 0 bridgehead atoms. The van der Waals surface area contributed by atoms with Gasteiger partial charge in [-0.25, -0.2) is 0 Å². The normalized spacial score (nSPS) is 11.6. The van der Waals surface area contributed by atoms with Crippen LogP contribution >= 0.6 is 0 Å².